The summed E-state index contributed by atoms with van der Waals surface area (Å²) in [6, 6.07) is 6.02. The number of nitro groups is 1. The number of nitrogens with zero attached hydrogens (tertiary/aromatic N) is 1. The molecule has 0 amide bonds. The number of rotatable bonds is 5. The van der Waals surface area contributed by atoms with Crippen LogP contribution in [-0.4, -0.2) is 29.6 Å². The van der Waals surface area contributed by atoms with Crippen LogP contribution in [0.5, 0.6) is 0 Å². The average Bonchev–Trinajstić information content (AvgIpc) is 2.54. The Morgan fingerprint density at radius 1 is 1.30 bits per heavy atom. The zero-order valence-electron chi connectivity index (χ0n) is 13.5. The molecule has 2 rings (SSSR count). The standard InChI is InChI=1S/C17H22N2O4/c1-17(2,14-9-11-18-12-10-14)23-16(20)8-5-13-3-6-15(7-4-13)19(21)22/h3-8,14,18H,9-12H2,1-2H3/p+1/b8-5+. The molecule has 1 aromatic carbocycles. The van der Waals surface area contributed by atoms with Crippen LogP contribution < -0.4 is 5.32 Å². The maximum absolute atomic E-state index is 12.0. The maximum atomic E-state index is 12.0. The van der Waals surface area contributed by atoms with E-state index in [1.807, 2.05) is 13.8 Å². The normalized spacial score (nSPS) is 16.4. The van der Waals surface area contributed by atoms with Gasteiger partial charge in [-0.2, -0.15) is 0 Å². The first kappa shape index (κ1) is 17.1. The minimum atomic E-state index is -0.481. The van der Waals surface area contributed by atoms with Crippen molar-refractivity contribution in [2.24, 2.45) is 5.92 Å². The Hall–Kier alpha value is -2.21. The highest BCUT2D eigenvalue weighted by Crippen LogP contribution is 2.28. The lowest BCUT2D eigenvalue weighted by Gasteiger charge is -2.35. The van der Waals surface area contributed by atoms with Gasteiger partial charge in [0.2, 0.25) is 0 Å². The van der Waals surface area contributed by atoms with E-state index in [1.165, 1.54) is 18.2 Å². The van der Waals surface area contributed by atoms with E-state index in [0.717, 1.165) is 31.5 Å². The molecule has 124 valence electrons. The first-order chi connectivity index (χ1) is 10.9. The number of hydrogen-bond donors (Lipinski definition) is 1. The second-order valence-electron chi connectivity index (χ2n) is 6.35. The molecule has 23 heavy (non-hydrogen) atoms. The number of ether oxygens (including phenoxy) is 1. The van der Waals surface area contributed by atoms with Gasteiger partial charge in [0.05, 0.1) is 18.0 Å². The first-order valence-electron chi connectivity index (χ1n) is 7.85. The van der Waals surface area contributed by atoms with Crippen molar-refractivity contribution in [2.45, 2.75) is 32.3 Å². The summed E-state index contributed by atoms with van der Waals surface area (Å²) in [5, 5.41) is 12.9. The maximum Gasteiger partial charge on any atom is 0.331 e. The molecule has 0 saturated carbocycles. The van der Waals surface area contributed by atoms with Crippen LogP contribution in [0.4, 0.5) is 5.69 Å². The molecule has 0 radical (unpaired) electrons. The van der Waals surface area contributed by atoms with Gasteiger partial charge < -0.3 is 10.1 Å². The van der Waals surface area contributed by atoms with Crippen molar-refractivity contribution in [1.82, 2.24) is 0 Å². The number of benzene rings is 1. The fraction of sp³-hybridized carbons (Fsp3) is 0.471. The number of esters is 1. The highest BCUT2D eigenvalue weighted by atomic mass is 16.6. The molecule has 0 atom stereocenters. The molecule has 6 heteroatoms. The molecule has 2 N–H and O–H groups in total. The summed E-state index contributed by atoms with van der Waals surface area (Å²) in [5.41, 5.74) is 0.267. The monoisotopic (exact) mass is 319 g/mol. The molecular formula is C17H23N2O4+. The molecule has 0 spiro atoms. The van der Waals surface area contributed by atoms with E-state index >= 15 is 0 Å². The lowest BCUT2D eigenvalue weighted by Crippen LogP contribution is -2.86. The van der Waals surface area contributed by atoms with Gasteiger partial charge in [0.15, 0.2) is 0 Å². The average molecular weight is 319 g/mol. The summed E-state index contributed by atoms with van der Waals surface area (Å²) in [6.45, 7) is 6.07. The fourth-order valence-corrected chi connectivity index (χ4v) is 2.87. The van der Waals surface area contributed by atoms with Crippen LogP contribution in [0.15, 0.2) is 30.3 Å². The molecule has 1 aromatic rings. The minimum Gasteiger partial charge on any atom is -0.456 e. The Labute approximate surface area is 135 Å². The largest absolute Gasteiger partial charge is 0.456 e. The number of piperidine rings is 1. The van der Waals surface area contributed by atoms with E-state index in [-0.39, 0.29) is 11.7 Å². The first-order valence-corrected chi connectivity index (χ1v) is 7.85. The van der Waals surface area contributed by atoms with Gasteiger partial charge in [-0.3, -0.25) is 10.1 Å². The van der Waals surface area contributed by atoms with Crippen molar-refractivity contribution in [3.63, 3.8) is 0 Å². The van der Waals surface area contributed by atoms with Gasteiger partial charge >= 0.3 is 5.97 Å². The zero-order valence-corrected chi connectivity index (χ0v) is 13.5. The Bertz CT molecular complexity index is 587. The van der Waals surface area contributed by atoms with Crippen LogP contribution in [0.2, 0.25) is 0 Å². The summed E-state index contributed by atoms with van der Waals surface area (Å²) < 4.78 is 5.61. The predicted octanol–water partition coefficient (Wildman–Crippen LogP) is 1.90. The molecule has 0 aromatic heterocycles. The molecule has 0 aliphatic carbocycles. The van der Waals surface area contributed by atoms with Crippen molar-refractivity contribution >= 4 is 17.7 Å². The molecule has 1 aliphatic rings. The van der Waals surface area contributed by atoms with Gasteiger partial charge in [0.1, 0.15) is 5.60 Å². The topological polar surface area (TPSA) is 86.0 Å². The van der Waals surface area contributed by atoms with E-state index < -0.39 is 10.5 Å². The predicted molar refractivity (Wildman–Crippen MR) is 86.7 cm³/mol. The Morgan fingerprint density at radius 3 is 2.48 bits per heavy atom. The van der Waals surface area contributed by atoms with Crippen molar-refractivity contribution in [2.75, 3.05) is 13.1 Å². The lowest BCUT2D eigenvalue weighted by atomic mass is 9.83. The van der Waals surface area contributed by atoms with E-state index in [4.69, 9.17) is 4.74 Å². The van der Waals surface area contributed by atoms with Gasteiger partial charge in [-0.25, -0.2) is 4.79 Å². The van der Waals surface area contributed by atoms with Crippen LogP contribution in [0.25, 0.3) is 6.08 Å². The van der Waals surface area contributed by atoms with E-state index in [2.05, 4.69) is 5.32 Å². The number of quaternary nitrogens is 1. The van der Waals surface area contributed by atoms with Crippen LogP contribution in [0, 0.1) is 16.0 Å². The second kappa shape index (κ2) is 7.37. The lowest BCUT2D eigenvalue weighted by molar-refractivity contribution is -0.665. The third kappa shape index (κ3) is 4.89. The molecule has 0 unspecified atom stereocenters. The third-order valence-electron chi connectivity index (χ3n) is 4.30. The Kier molecular flexibility index (Phi) is 5.50. The van der Waals surface area contributed by atoms with Crippen molar-refractivity contribution in [3.8, 4) is 0 Å². The van der Waals surface area contributed by atoms with E-state index in [0.29, 0.717) is 5.92 Å². The van der Waals surface area contributed by atoms with Crippen LogP contribution in [0.1, 0.15) is 32.3 Å². The molecule has 1 heterocycles. The molecule has 0 bridgehead atoms. The minimum absolute atomic E-state index is 0.0277. The highest BCUT2D eigenvalue weighted by Gasteiger charge is 2.34. The SMILES string of the molecule is CC(C)(OC(=O)/C=C/c1ccc([N+](=O)[O-])cc1)C1CC[NH2+]CC1. The smallest absolute Gasteiger partial charge is 0.331 e. The van der Waals surface area contributed by atoms with E-state index in [9.17, 15) is 14.9 Å². The summed E-state index contributed by atoms with van der Waals surface area (Å²) in [7, 11) is 0. The summed E-state index contributed by atoms with van der Waals surface area (Å²) in [4.78, 5) is 22.2. The number of nitrogens with two attached hydrogens (primary N) is 1. The van der Waals surface area contributed by atoms with Crippen molar-refractivity contribution in [1.29, 1.82) is 0 Å². The molecule has 1 fully saturated rings. The number of carbonyl (C=O) groups excluding carboxylic acids is 1. The molecule has 6 nitrogen and oxygen atoms in total. The highest BCUT2D eigenvalue weighted by molar-refractivity contribution is 5.87. The van der Waals surface area contributed by atoms with Gasteiger partial charge in [0, 0.05) is 37.0 Å². The van der Waals surface area contributed by atoms with Crippen molar-refractivity contribution in [3.05, 3.63) is 46.0 Å². The van der Waals surface area contributed by atoms with Crippen molar-refractivity contribution < 1.29 is 19.8 Å². The van der Waals surface area contributed by atoms with Crippen LogP contribution in [-0.2, 0) is 9.53 Å². The number of nitro benzene ring substituents is 1. The number of non-ortho nitro benzene ring substituents is 1. The fourth-order valence-electron chi connectivity index (χ4n) is 2.87. The molecule has 1 aliphatic heterocycles. The summed E-state index contributed by atoms with van der Waals surface area (Å²) in [5.74, 6) is -0.00729. The van der Waals surface area contributed by atoms with Crippen LogP contribution >= 0.6 is 0 Å². The summed E-state index contributed by atoms with van der Waals surface area (Å²) in [6.07, 6.45) is 5.08. The summed E-state index contributed by atoms with van der Waals surface area (Å²) >= 11 is 0. The number of carbonyl (C=O) groups is 1. The van der Waals surface area contributed by atoms with Gasteiger partial charge in [0.25, 0.3) is 5.69 Å². The van der Waals surface area contributed by atoms with Gasteiger partial charge in [-0.15, -0.1) is 0 Å². The second-order valence-corrected chi connectivity index (χ2v) is 6.35. The van der Waals surface area contributed by atoms with Crippen LogP contribution in [0.3, 0.4) is 0 Å². The third-order valence-corrected chi connectivity index (χ3v) is 4.30. The zero-order chi connectivity index (χ0) is 16.9. The Morgan fingerprint density at radius 2 is 1.91 bits per heavy atom. The quantitative estimate of drug-likeness (QED) is 0.389. The van der Waals surface area contributed by atoms with Gasteiger partial charge in [-0.1, -0.05) is 0 Å². The molecule has 1 saturated heterocycles. The molecular weight excluding hydrogens is 296 g/mol. The van der Waals surface area contributed by atoms with Gasteiger partial charge in [-0.05, 0) is 37.6 Å². The van der Waals surface area contributed by atoms with E-state index in [1.54, 1.807) is 18.2 Å². The Balaban J connectivity index is 1.93. The number of hydrogen-bond acceptors (Lipinski definition) is 4.